The van der Waals surface area contributed by atoms with E-state index < -0.39 is 5.91 Å². The van der Waals surface area contributed by atoms with Crippen LogP contribution < -0.4 is 11.1 Å². The zero-order valence-electron chi connectivity index (χ0n) is 15.4. The van der Waals surface area contributed by atoms with Gasteiger partial charge in [0, 0.05) is 10.5 Å². The molecule has 0 saturated carbocycles. The third-order valence-corrected chi connectivity index (χ3v) is 5.73. The van der Waals surface area contributed by atoms with Crippen molar-refractivity contribution in [3.63, 3.8) is 0 Å². The van der Waals surface area contributed by atoms with Gasteiger partial charge in [0.15, 0.2) is 0 Å². The molecule has 0 fully saturated rings. The second-order valence-electron chi connectivity index (χ2n) is 6.15. The van der Waals surface area contributed by atoms with E-state index in [0.29, 0.717) is 16.3 Å². The number of nitrogens with one attached hydrogen (secondary N) is 1. The number of carbonyl (C=O) groups is 2. The fourth-order valence-corrected chi connectivity index (χ4v) is 3.53. The van der Waals surface area contributed by atoms with E-state index in [2.05, 4.69) is 10.4 Å². The number of thioether (sulfide) groups is 1. The molecular weight excluding hydrogens is 396 g/mol. The molecule has 0 saturated heterocycles. The monoisotopic (exact) mass is 414 g/mol. The van der Waals surface area contributed by atoms with Crippen molar-refractivity contribution in [2.45, 2.75) is 18.7 Å². The van der Waals surface area contributed by atoms with Gasteiger partial charge >= 0.3 is 0 Å². The van der Waals surface area contributed by atoms with Gasteiger partial charge in [-0.1, -0.05) is 23.7 Å². The van der Waals surface area contributed by atoms with Crippen LogP contribution in [0.5, 0.6) is 0 Å². The third kappa shape index (κ3) is 4.37. The number of carbonyl (C=O) groups excluding carboxylic acids is 2. The van der Waals surface area contributed by atoms with Crippen molar-refractivity contribution in [2.24, 2.45) is 5.73 Å². The summed E-state index contributed by atoms with van der Waals surface area (Å²) in [7, 11) is 0. The largest absolute Gasteiger partial charge is 0.369 e. The molecule has 1 heterocycles. The zero-order chi connectivity index (χ0) is 20.3. The Morgan fingerprint density at radius 2 is 1.82 bits per heavy atom. The number of rotatable bonds is 6. The van der Waals surface area contributed by atoms with E-state index in [1.165, 1.54) is 11.8 Å². The second kappa shape index (κ2) is 8.50. The predicted molar refractivity (Wildman–Crippen MR) is 112 cm³/mol. The van der Waals surface area contributed by atoms with Crippen molar-refractivity contribution in [1.29, 1.82) is 0 Å². The molecule has 2 amide bonds. The van der Waals surface area contributed by atoms with Crippen molar-refractivity contribution in [3.8, 4) is 5.69 Å². The Kier molecular flexibility index (Phi) is 6.06. The summed E-state index contributed by atoms with van der Waals surface area (Å²) in [4.78, 5) is 24.4. The standard InChI is InChI=1S/C20H19ClN4O2S/c1-12-19(21)13(2)25(24-12)15-9-7-14(8-10-15)20(27)23-16-5-3-4-6-17(16)28-11-18(22)26/h3-10H,11H2,1-2H3,(H2,22,26)(H,23,27). The highest BCUT2D eigenvalue weighted by molar-refractivity contribution is 8.00. The van der Waals surface area contributed by atoms with Gasteiger partial charge in [0.05, 0.1) is 33.5 Å². The molecule has 0 bridgehead atoms. The number of nitrogens with two attached hydrogens (primary N) is 1. The highest BCUT2D eigenvalue weighted by Gasteiger charge is 2.13. The number of amides is 2. The number of halogens is 1. The van der Waals surface area contributed by atoms with E-state index in [9.17, 15) is 9.59 Å². The summed E-state index contributed by atoms with van der Waals surface area (Å²) in [5, 5.41) is 7.92. The quantitative estimate of drug-likeness (QED) is 0.597. The highest BCUT2D eigenvalue weighted by atomic mass is 35.5. The molecule has 1 aromatic heterocycles. The van der Waals surface area contributed by atoms with E-state index in [1.54, 1.807) is 22.9 Å². The Labute approximate surface area is 172 Å². The first-order chi connectivity index (χ1) is 13.4. The lowest BCUT2D eigenvalue weighted by Crippen LogP contribution is -2.14. The van der Waals surface area contributed by atoms with Crippen LogP contribution in [0.15, 0.2) is 53.4 Å². The van der Waals surface area contributed by atoms with E-state index in [0.717, 1.165) is 22.0 Å². The summed E-state index contributed by atoms with van der Waals surface area (Å²) in [5.41, 5.74) is 8.76. The minimum absolute atomic E-state index is 0.146. The summed E-state index contributed by atoms with van der Waals surface area (Å²) in [6, 6.07) is 14.4. The molecular formula is C20H19ClN4O2S. The van der Waals surface area contributed by atoms with Crippen LogP contribution in [0.1, 0.15) is 21.7 Å². The molecule has 28 heavy (non-hydrogen) atoms. The smallest absolute Gasteiger partial charge is 0.255 e. The van der Waals surface area contributed by atoms with Crippen LogP contribution in [0.3, 0.4) is 0 Å². The van der Waals surface area contributed by atoms with Crippen molar-refractivity contribution >= 4 is 40.9 Å². The number of hydrogen-bond acceptors (Lipinski definition) is 4. The topological polar surface area (TPSA) is 90.0 Å². The van der Waals surface area contributed by atoms with Gasteiger partial charge in [0.1, 0.15) is 0 Å². The Bertz CT molecular complexity index is 1030. The molecule has 0 atom stereocenters. The summed E-state index contributed by atoms with van der Waals surface area (Å²) in [6.45, 7) is 3.74. The number of para-hydroxylation sites is 1. The average molecular weight is 415 g/mol. The number of anilines is 1. The maximum Gasteiger partial charge on any atom is 0.255 e. The first-order valence-corrected chi connectivity index (χ1v) is 9.87. The Morgan fingerprint density at radius 1 is 1.14 bits per heavy atom. The summed E-state index contributed by atoms with van der Waals surface area (Å²) >= 11 is 7.49. The molecule has 3 N–H and O–H groups in total. The molecule has 0 aliphatic carbocycles. The average Bonchev–Trinajstić information content (AvgIpc) is 2.94. The van der Waals surface area contributed by atoms with E-state index in [4.69, 9.17) is 17.3 Å². The summed E-state index contributed by atoms with van der Waals surface area (Å²) in [6.07, 6.45) is 0. The number of nitrogens with zero attached hydrogens (tertiary/aromatic N) is 2. The van der Waals surface area contributed by atoms with Crippen LogP contribution >= 0.6 is 23.4 Å². The second-order valence-corrected chi connectivity index (χ2v) is 7.54. The summed E-state index contributed by atoms with van der Waals surface area (Å²) < 4.78 is 1.75. The Balaban J connectivity index is 1.77. The molecule has 3 aromatic rings. The molecule has 0 aliphatic rings. The highest BCUT2D eigenvalue weighted by Crippen LogP contribution is 2.27. The van der Waals surface area contributed by atoms with E-state index in [-0.39, 0.29) is 11.7 Å². The maximum absolute atomic E-state index is 12.6. The Morgan fingerprint density at radius 3 is 2.43 bits per heavy atom. The van der Waals surface area contributed by atoms with Crippen molar-refractivity contribution < 1.29 is 9.59 Å². The van der Waals surface area contributed by atoms with E-state index in [1.807, 2.05) is 44.2 Å². The van der Waals surface area contributed by atoms with Gasteiger partial charge in [-0.25, -0.2) is 4.68 Å². The van der Waals surface area contributed by atoms with Gasteiger partial charge in [0.25, 0.3) is 5.91 Å². The molecule has 6 nitrogen and oxygen atoms in total. The number of aromatic nitrogens is 2. The fourth-order valence-electron chi connectivity index (χ4n) is 2.67. The lowest BCUT2D eigenvalue weighted by Gasteiger charge is -2.11. The number of primary amides is 1. The maximum atomic E-state index is 12.6. The van der Waals surface area contributed by atoms with Gasteiger partial charge in [-0.2, -0.15) is 5.10 Å². The van der Waals surface area contributed by atoms with Gasteiger partial charge in [-0.05, 0) is 50.2 Å². The van der Waals surface area contributed by atoms with Crippen molar-refractivity contribution in [3.05, 3.63) is 70.5 Å². The van der Waals surface area contributed by atoms with Gasteiger partial charge < -0.3 is 11.1 Å². The molecule has 0 radical (unpaired) electrons. The van der Waals surface area contributed by atoms with Crippen LogP contribution in [-0.2, 0) is 4.79 Å². The van der Waals surface area contributed by atoms with Gasteiger partial charge in [0.2, 0.25) is 5.91 Å². The predicted octanol–water partition coefficient (Wildman–Crippen LogP) is 3.97. The minimum Gasteiger partial charge on any atom is -0.369 e. The number of hydrogen-bond donors (Lipinski definition) is 2. The van der Waals surface area contributed by atoms with Crippen LogP contribution in [0.25, 0.3) is 5.69 Å². The van der Waals surface area contributed by atoms with Crippen molar-refractivity contribution in [1.82, 2.24) is 9.78 Å². The third-order valence-electron chi connectivity index (χ3n) is 4.08. The summed E-state index contributed by atoms with van der Waals surface area (Å²) in [5.74, 6) is -0.511. The first kappa shape index (κ1) is 20.0. The van der Waals surface area contributed by atoms with Crippen LogP contribution in [0.2, 0.25) is 5.02 Å². The lowest BCUT2D eigenvalue weighted by molar-refractivity contribution is -0.115. The molecule has 0 unspecified atom stereocenters. The molecule has 3 rings (SSSR count). The number of aryl methyl sites for hydroxylation is 1. The van der Waals surface area contributed by atoms with Gasteiger partial charge in [-0.3, -0.25) is 9.59 Å². The Hall–Kier alpha value is -2.77. The minimum atomic E-state index is -0.411. The lowest BCUT2D eigenvalue weighted by atomic mass is 10.2. The SMILES string of the molecule is Cc1nn(-c2ccc(C(=O)Nc3ccccc3SCC(N)=O)cc2)c(C)c1Cl. The normalized spacial score (nSPS) is 10.7. The van der Waals surface area contributed by atoms with Gasteiger partial charge in [-0.15, -0.1) is 11.8 Å². The number of benzene rings is 2. The molecule has 0 spiro atoms. The first-order valence-electron chi connectivity index (χ1n) is 8.50. The van der Waals surface area contributed by atoms with E-state index >= 15 is 0 Å². The molecule has 144 valence electrons. The van der Waals surface area contributed by atoms with Crippen LogP contribution in [-0.4, -0.2) is 27.3 Å². The molecule has 2 aromatic carbocycles. The van der Waals surface area contributed by atoms with Crippen LogP contribution in [0, 0.1) is 13.8 Å². The van der Waals surface area contributed by atoms with Crippen molar-refractivity contribution in [2.75, 3.05) is 11.1 Å². The zero-order valence-corrected chi connectivity index (χ0v) is 17.0. The molecule has 0 aliphatic heterocycles. The fraction of sp³-hybridized carbons (Fsp3) is 0.150. The van der Waals surface area contributed by atoms with Crippen LogP contribution in [0.4, 0.5) is 5.69 Å². The molecule has 8 heteroatoms.